The summed E-state index contributed by atoms with van der Waals surface area (Å²) in [4.78, 5) is 11.4. The fourth-order valence-electron chi connectivity index (χ4n) is 3.13. The minimum absolute atomic E-state index is 0.560. The second-order valence-electron chi connectivity index (χ2n) is 7.27. The Morgan fingerprint density at radius 2 is 2.17 bits per heavy atom. The zero-order chi connectivity index (χ0) is 21.2. The number of anilines is 2. The summed E-state index contributed by atoms with van der Waals surface area (Å²) in [5.74, 6) is 1.18. The molecule has 4 bridgehead atoms. The Kier molecular flexibility index (Phi) is 7.98. The first-order valence-electron chi connectivity index (χ1n) is 10.4. The average molecular weight is 403 g/mol. The van der Waals surface area contributed by atoms with Crippen molar-refractivity contribution in [1.29, 1.82) is 0 Å². The van der Waals surface area contributed by atoms with Crippen molar-refractivity contribution in [1.82, 2.24) is 14.9 Å². The van der Waals surface area contributed by atoms with Crippen molar-refractivity contribution in [3.8, 4) is 0 Å². The van der Waals surface area contributed by atoms with Crippen LogP contribution in [0.25, 0.3) is 5.57 Å². The van der Waals surface area contributed by atoms with E-state index in [1.54, 1.807) is 6.20 Å². The summed E-state index contributed by atoms with van der Waals surface area (Å²) in [7, 11) is 2.11. The molecule has 0 saturated heterocycles. The van der Waals surface area contributed by atoms with E-state index in [2.05, 4.69) is 78.3 Å². The third kappa shape index (κ3) is 6.71. The number of likely N-dealkylation sites (N-methyl/N-ethyl adjacent to an activating group) is 1. The fraction of sp³-hybridized carbons (Fsp3) is 0.280. The van der Waals surface area contributed by atoms with Crippen LogP contribution in [0.2, 0.25) is 0 Å². The van der Waals surface area contributed by atoms with Crippen LogP contribution in [0.4, 0.5) is 11.6 Å². The predicted molar refractivity (Wildman–Crippen MR) is 124 cm³/mol. The lowest BCUT2D eigenvalue weighted by molar-refractivity contribution is 0.232. The van der Waals surface area contributed by atoms with Gasteiger partial charge in [0.1, 0.15) is 5.76 Å². The smallest absolute Gasteiger partial charge is 0.227 e. The van der Waals surface area contributed by atoms with Crippen LogP contribution >= 0.6 is 0 Å². The number of rotatable bonds is 2. The number of fused-ring (bicyclic) bond motifs is 4. The lowest BCUT2D eigenvalue weighted by Crippen LogP contribution is -2.17. The highest BCUT2D eigenvalue weighted by molar-refractivity contribution is 5.74. The van der Waals surface area contributed by atoms with E-state index in [0.29, 0.717) is 18.3 Å². The van der Waals surface area contributed by atoms with Gasteiger partial charge in [-0.25, -0.2) is 9.97 Å². The Balaban J connectivity index is 1.94. The second kappa shape index (κ2) is 11.1. The predicted octanol–water partition coefficient (Wildman–Crippen LogP) is 5.49. The molecule has 0 unspecified atom stereocenters. The number of aromatic nitrogens is 2. The number of hydrogen-bond donors (Lipinski definition) is 1. The number of benzene rings is 1. The molecule has 0 atom stereocenters. The van der Waals surface area contributed by atoms with Crippen LogP contribution in [0, 0.1) is 0 Å². The Bertz CT molecular complexity index is 946. The maximum Gasteiger partial charge on any atom is 0.227 e. The van der Waals surface area contributed by atoms with Crippen molar-refractivity contribution >= 4 is 17.2 Å². The first-order valence-corrected chi connectivity index (χ1v) is 10.4. The van der Waals surface area contributed by atoms with Gasteiger partial charge in [0.05, 0.1) is 12.3 Å². The van der Waals surface area contributed by atoms with Gasteiger partial charge < -0.3 is 10.1 Å². The van der Waals surface area contributed by atoms with Crippen LogP contribution in [-0.4, -0.2) is 35.1 Å². The zero-order valence-corrected chi connectivity index (χ0v) is 17.8. The summed E-state index contributed by atoms with van der Waals surface area (Å²) in [5.41, 5.74) is 3.97. The van der Waals surface area contributed by atoms with Crippen molar-refractivity contribution < 1.29 is 4.74 Å². The van der Waals surface area contributed by atoms with E-state index >= 15 is 0 Å². The van der Waals surface area contributed by atoms with Gasteiger partial charge in [-0.2, -0.15) is 0 Å². The molecule has 30 heavy (non-hydrogen) atoms. The van der Waals surface area contributed by atoms with Gasteiger partial charge in [0.25, 0.3) is 0 Å². The summed E-state index contributed by atoms with van der Waals surface area (Å²) < 4.78 is 5.80. The van der Waals surface area contributed by atoms with Crippen LogP contribution < -0.4 is 5.32 Å². The molecule has 5 heteroatoms. The molecule has 0 amide bonds. The van der Waals surface area contributed by atoms with Crippen molar-refractivity contribution in [3.05, 3.63) is 90.5 Å². The molecule has 1 aromatic heterocycles. The van der Waals surface area contributed by atoms with Crippen LogP contribution in [-0.2, 0) is 11.3 Å². The molecule has 0 saturated carbocycles. The van der Waals surface area contributed by atoms with E-state index in [9.17, 15) is 0 Å². The van der Waals surface area contributed by atoms with Crippen molar-refractivity contribution in [2.24, 2.45) is 0 Å². The Morgan fingerprint density at radius 1 is 1.27 bits per heavy atom. The molecule has 0 fully saturated rings. The molecule has 1 aliphatic rings. The molecule has 5 nitrogen and oxygen atoms in total. The fourth-order valence-corrected chi connectivity index (χ4v) is 3.13. The average Bonchev–Trinajstić information content (AvgIpc) is 2.73. The van der Waals surface area contributed by atoms with Gasteiger partial charge in [-0.1, -0.05) is 49.9 Å². The van der Waals surface area contributed by atoms with Crippen molar-refractivity contribution in [2.45, 2.75) is 26.3 Å². The molecular formula is C25H30N4O. The lowest BCUT2D eigenvalue weighted by Gasteiger charge is -2.15. The number of nitrogens with zero attached hydrogens (tertiary/aromatic N) is 3. The van der Waals surface area contributed by atoms with E-state index in [1.807, 2.05) is 18.2 Å². The summed E-state index contributed by atoms with van der Waals surface area (Å²) in [6.07, 6.45) is 14.0. The Morgan fingerprint density at radius 3 is 3.03 bits per heavy atom. The standard InChI is InChI=1S/C25H30N4O/c1-4-5-11-22-17-20(2)30-16-8-6-7-15-29(3)19-21-10-9-12-23(18-21)27-25-26-14-13-24(22)28-25/h5-7,9-14,17-18H,2,4,8,15-16,19H2,1,3H3,(H,26,27,28)/b7-6+,11-5-,22-17+. The highest BCUT2D eigenvalue weighted by Crippen LogP contribution is 2.20. The third-order valence-electron chi connectivity index (χ3n) is 4.59. The maximum atomic E-state index is 5.80. The molecule has 0 aliphatic carbocycles. The summed E-state index contributed by atoms with van der Waals surface area (Å²) in [6.45, 7) is 8.50. The molecule has 156 valence electrons. The normalized spacial score (nSPS) is 19.1. The van der Waals surface area contributed by atoms with Gasteiger partial charge in [-0.3, -0.25) is 4.90 Å². The van der Waals surface area contributed by atoms with Crippen LogP contribution in [0.1, 0.15) is 31.0 Å². The van der Waals surface area contributed by atoms with Crippen LogP contribution in [0.5, 0.6) is 0 Å². The molecule has 1 aromatic carbocycles. The van der Waals surface area contributed by atoms with E-state index in [0.717, 1.165) is 42.9 Å². The molecule has 3 rings (SSSR count). The molecule has 0 spiro atoms. The van der Waals surface area contributed by atoms with Gasteiger partial charge in [0.2, 0.25) is 5.95 Å². The quantitative estimate of drug-likeness (QED) is 0.673. The first-order chi connectivity index (χ1) is 14.6. The number of ether oxygens (including phenoxy) is 1. The second-order valence-corrected chi connectivity index (χ2v) is 7.27. The Hall–Kier alpha value is -3.18. The minimum atomic E-state index is 0.560. The third-order valence-corrected chi connectivity index (χ3v) is 4.59. The number of hydrogen-bond acceptors (Lipinski definition) is 5. The van der Waals surface area contributed by atoms with Gasteiger partial charge in [0, 0.05) is 30.5 Å². The highest BCUT2D eigenvalue weighted by atomic mass is 16.5. The van der Waals surface area contributed by atoms with E-state index in [1.165, 1.54) is 5.56 Å². The van der Waals surface area contributed by atoms with Gasteiger partial charge in [-0.05, 0) is 49.7 Å². The minimum Gasteiger partial charge on any atom is -0.494 e. The number of nitrogens with one attached hydrogen (secondary N) is 1. The molecule has 2 heterocycles. The van der Waals surface area contributed by atoms with E-state index in [4.69, 9.17) is 9.72 Å². The van der Waals surface area contributed by atoms with Gasteiger partial charge in [-0.15, -0.1) is 0 Å². The monoisotopic (exact) mass is 402 g/mol. The molecule has 1 N–H and O–H groups in total. The molecular weight excluding hydrogens is 372 g/mol. The molecule has 1 aliphatic heterocycles. The summed E-state index contributed by atoms with van der Waals surface area (Å²) >= 11 is 0. The molecule has 0 radical (unpaired) electrons. The summed E-state index contributed by atoms with van der Waals surface area (Å²) in [5, 5.41) is 3.33. The first kappa shape index (κ1) is 21.5. The maximum absolute atomic E-state index is 5.80. The van der Waals surface area contributed by atoms with Crippen LogP contribution in [0.3, 0.4) is 0 Å². The lowest BCUT2D eigenvalue weighted by atomic mass is 10.1. The highest BCUT2D eigenvalue weighted by Gasteiger charge is 2.06. The topological polar surface area (TPSA) is 50.3 Å². The Labute approximate surface area is 179 Å². The van der Waals surface area contributed by atoms with E-state index < -0.39 is 0 Å². The number of allylic oxidation sites excluding steroid dienone is 4. The van der Waals surface area contributed by atoms with Crippen LogP contribution in [0.15, 0.2) is 79.2 Å². The largest absolute Gasteiger partial charge is 0.494 e. The SMILES string of the molecule is C=C1/C=C(\C=C/CC)c2ccnc(n2)Nc2cccc(c2)CN(C)C/C=C/CCO1. The van der Waals surface area contributed by atoms with Gasteiger partial charge >= 0.3 is 0 Å². The van der Waals surface area contributed by atoms with Crippen molar-refractivity contribution in [3.63, 3.8) is 0 Å². The molecule has 2 aromatic rings. The summed E-state index contributed by atoms with van der Waals surface area (Å²) in [6, 6.07) is 10.3. The zero-order valence-electron chi connectivity index (χ0n) is 17.8. The van der Waals surface area contributed by atoms with Crippen molar-refractivity contribution in [2.75, 3.05) is 25.5 Å². The van der Waals surface area contributed by atoms with Gasteiger partial charge in [0.15, 0.2) is 0 Å². The van der Waals surface area contributed by atoms with E-state index in [-0.39, 0.29) is 0 Å².